The van der Waals surface area contributed by atoms with Gasteiger partial charge in [-0.25, -0.2) is 0 Å². The largest absolute Gasteiger partial charge is 0.389 e. The van der Waals surface area contributed by atoms with E-state index in [0.29, 0.717) is 11.3 Å². The molecule has 0 aliphatic heterocycles. The van der Waals surface area contributed by atoms with Gasteiger partial charge in [0, 0.05) is 26.9 Å². The first-order valence-electron chi connectivity index (χ1n) is 5.10. The lowest BCUT2D eigenvalue weighted by Crippen LogP contribution is -2.35. The fourth-order valence-electron chi connectivity index (χ4n) is 1.40. The van der Waals surface area contributed by atoms with Gasteiger partial charge in [0.15, 0.2) is 0 Å². The van der Waals surface area contributed by atoms with Gasteiger partial charge in [-0.15, -0.1) is 0 Å². The zero-order chi connectivity index (χ0) is 12.8. The van der Waals surface area contributed by atoms with Gasteiger partial charge in [-0.1, -0.05) is 0 Å². The van der Waals surface area contributed by atoms with Crippen molar-refractivity contribution in [2.24, 2.45) is 7.05 Å². The number of carbonyl (C=O) groups excluding carboxylic acids is 1. The van der Waals surface area contributed by atoms with E-state index in [-0.39, 0.29) is 19.1 Å². The monoisotopic (exact) mass is 237 g/mol. The van der Waals surface area contributed by atoms with Crippen molar-refractivity contribution in [2.45, 2.75) is 6.10 Å². The number of ether oxygens (including phenoxy) is 1. The van der Waals surface area contributed by atoms with Crippen LogP contribution in [-0.2, 0) is 11.8 Å². The van der Waals surface area contributed by atoms with Crippen molar-refractivity contribution >= 4 is 5.91 Å². The summed E-state index contributed by atoms with van der Waals surface area (Å²) in [6.07, 6.45) is 0.834. The maximum atomic E-state index is 11.7. The van der Waals surface area contributed by atoms with Crippen molar-refractivity contribution in [1.82, 2.24) is 9.88 Å². The Morgan fingerprint density at radius 2 is 2.47 bits per heavy atom. The Kier molecular flexibility index (Phi) is 4.69. The smallest absolute Gasteiger partial charge is 0.268 e. The van der Waals surface area contributed by atoms with E-state index < -0.39 is 6.10 Å². The summed E-state index contributed by atoms with van der Waals surface area (Å²) in [5.41, 5.74) is 0.807. The Morgan fingerprint density at radius 1 is 1.76 bits per heavy atom. The number of aromatic nitrogens is 1. The van der Waals surface area contributed by atoms with Crippen LogP contribution in [0.1, 0.15) is 16.1 Å². The van der Waals surface area contributed by atoms with E-state index in [1.807, 2.05) is 6.07 Å². The molecule has 1 aromatic heterocycles. The number of carbonyl (C=O) groups is 1. The summed E-state index contributed by atoms with van der Waals surface area (Å²) in [6.45, 7) is 0.274. The highest BCUT2D eigenvalue weighted by Gasteiger charge is 2.13. The zero-order valence-corrected chi connectivity index (χ0v) is 9.80. The van der Waals surface area contributed by atoms with Gasteiger partial charge in [-0.2, -0.15) is 5.26 Å². The zero-order valence-electron chi connectivity index (χ0n) is 9.80. The topological polar surface area (TPSA) is 87.3 Å². The number of rotatable bonds is 5. The lowest BCUT2D eigenvalue weighted by Gasteiger charge is -2.10. The number of nitriles is 1. The molecular weight excluding hydrogens is 222 g/mol. The molecule has 1 rings (SSSR count). The van der Waals surface area contributed by atoms with Crippen LogP contribution >= 0.6 is 0 Å². The van der Waals surface area contributed by atoms with E-state index in [1.165, 1.54) is 13.2 Å². The molecule has 1 unspecified atom stereocenters. The molecule has 17 heavy (non-hydrogen) atoms. The number of nitrogens with zero attached hydrogens (tertiary/aromatic N) is 2. The maximum absolute atomic E-state index is 11.7. The third-order valence-electron chi connectivity index (χ3n) is 2.22. The predicted molar refractivity (Wildman–Crippen MR) is 60.3 cm³/mol. The Labute approximate surface area is 99.4 Å². The number of hydrogen-bond acceptors (Lipinski definition) is 4. The fourth-order valence-corrected chi connectivity index (χ4v) is 1.40. The number of aliphatic hydroxyl groups is 1. The molecule has 1 aromatic rings. The highest BCUT2D eigenvalue weighted by Crippen LogP contribution is 2.05. The molecule has 0 saturated heterocycles. The predicted octanol–water partition coefficient (Wildman–Crippen LogP) is -0.366. The van der Waals surface area contributed by atoms with Gasteiger partial charge in [0.1, 0.15) is 11.8 Å². The minimum absolute atomic E-state index is 0.111. The van der Waals surface area contributed by atoms with Crippen LogP contribution in [0.3, 0.4) is 0 Å². The fraction of sp³-hybridized carbons (Fsp3) is 0.455. The SMILES string of the molecule is COCC(O)CNC(=O)c1cc(C#N)cn1C. The highest BCUT2D eigenvalue weighted by atomic mass is 16.5. The van der Waals surface area contributed by atoms with Gasteiger partial charge in [0.25, 0.3) is 5.91 Å². The van der Waals surface area contributed by atoms with Gasteiger partial charge in [-0.05, 0) is 6.07 Å². The van der Waals surface area contributed by atoms with E-state index in [1.54, 1.807) is 17.8 Å². The summed E-state index contributed by atoms with van der Waals surface area (Å²) in [5.74, 6) is -0.329. The number of methoxy groups -OCH3 is 1. The number of hydrogen-bond donors (Lipinski definition) is 2. The maximum Gasteiger partial charge on any atom is 0.268 e. The summed E-state index contributed by atoms with van der Waals surface area (Å²) in [4.78, 5) is 11.7. The quantitative estimate of drug-likeness (QED) is 0.731. The van der Waals surface area contributed by atoms with Gasteiger partial charge < -0.3 is 19.7 Å². The van der Waals surface area contributed by atoms with Crippen molar-refractivity contribution in [3.8, 4) is 6.07 Å². The number of aryl methyl sites for hydroxylation is 1. The average molecular weight is 237 g/mol. The summed E-state index contributed by atoms with van der Waals surface area (Å²) in [6, 6.07) is 3.46. The molecule has 0 radical (unpaired) electrons. The number of aliphatic hydroxyl groups excluding tert-OH is 1. The van der Waals surface area contributed by atoms with E-state index >= 15 is 0 Å². The summed E-state index contributed by atoms with van der Waals surface area (Å²) < 4.78 is 6.30. The molecule has 0 spiro atoms. The Hall–Kier alpha value is -1.84. The molecule has 1 amide bonds. The van der Waals surface area contributed by atoms with Crippen LogP contribution in [0, 0.1) is 11.3 Å². The number of amides is 1. The molecule has 0 saturated carbocycles. The van der Waals surface area contributed by atoms with Crippen LogP contribution in [0.2, 0.25) is 0 Å². The second kappa shape index (κ2) is 6.03. The highest BCUT2D eigenvalue weighted by molar-refractivity contribution is 5.93. The minimum atomic E-state index is -0.736. The molecule has 1 atom stereocenters. The lowest BCUT2D eigenvalue weighted by molar-refractivity contribution is 0.0608. The van der Waals surface area contributed by atoms with Gasteiger partial charge in [0.05, 0.1) is 18.3 Å². The molecular formula is C11H15N3O3. The Bertz CT molecular complexity index is 434. The molecule has 6 heteroatoms. The van der Waals surface area contributed by atoms with Crippen molar-refractivity contribution < 1.29 is 14.6 Å². The molecule has 92 valence electrons. The molecule has 0 bridgehead atoms. The molecule has 0 aliphatic rings. The summed E-state index contributed by atoms with van der Waals surface area (Å²) >= 11 is 0. The molecule has 2 N–H and O–H groups in total. The Balaban J connectivity index is 2.58. The van der Waals surface area contributed by atoms with Crippen LogP contribution in [0.4, 0.5) is 0 Å². The molecule has 0 fully saturated rings. The first-order chi connectivity index (χ1) is 8.08. The van der Waals surface area contributed by atoms with E-state index in [9.17, 15) is 9.90 Å². The lowest BCUT2D eigenvalue weighted by atomic mass is 10.3. The summed E-state index contributed by atoms with van der Waals surface area (Å²) in [7, 11) is 3.16. The second-order valence-electron chi connectivity index (χ2n) is 3.66. The normalized spacial score (nSPS) is 11.9. The van der Waals surface area contributed by atoms with Crippen LogP contribution in [0.15, 0.2) is 12.3 Å². The van der Waals surface area contributed by atoms with Crippen LogP contribution in [0.5, 0.6) is 0 Å². The van der Waals surface area contributed by atoms with Crippen LogP contribution in [-0.4, -0.2) is 41.9 Å². The molecule has 0 aromatic carbocycles. The van der Waals surface area contributed by atoms with Crippen molar-refractivity contribution in [2.75, 3.05) is 20.3 Å². The third-order valence-corrected chi connectivity index (χ3v) is 2.22. The minimum Gasteiger partial charge on any atom is -0.389 e. The molecule has 0 aliphatic carbocycles. The van der Waals surface area contributed by atoms with Gasteiger partial charge in [0.2, 0.25) is 0 Å². The second-order valence-corrected chi connectivity index (χ2v) is 3.66. The van der Waals surface area contributed by atoms with Crippen molar-refractivity contribution in [3.63, 3.8) is 0 Å². The van der Waals surface area contributed by atoms with Crippen molar-refractivity contribution in [3.05, 3.63) is 23.5 Å². The third kappa shape index (κ3) is 3.59. The van der Waals surface area contributed by atoms with E-state index in [0.717, 1.165) is 0 Å². The van der Waals surface area contributed by atoms with Crippen molar-refractivity contribution in [1.29, 1.82) is 5.26 Å². The van der Waals surface area contributed by atoms with Crippen LogP contribution < -0.4 is 5.32 Å². The first-order valence-corrected chi connectivity index (χ1v) is 5.10. The van der Waals surface area contributed by atoms with E-state index in [4.69, 9.17) is 10.00 Å². The van der Waals surface area contributed by atoms with Crippen LogP contribution in [0.25, 0.3) is 0 Å². The van der Waals surface area contributed by atoms with Gasteiger partial charge >= 0.3 is 0 Å². The summed E-state index contributed by atoms with van der Waals surface area (Å²) in [5, 5.41) is 20.6. The standard InChI is InChI=1S/C11H15N3O3/c1-14-6-8(4-12)3-10(14)11(16)13-5-9(15)7-17-2/h3,6,9,15H,5,7H2,1-2H3,(H,13,16). The molecule has 1 heterocycles. The van der Waals surface area contributed by atoms with Gasteiger partial charge in [-0.3, -0.25) is 4.79 Å². The first kappa shape index (κ1) is 13.2. The van der Waals surface area contributed by atoms with E-state index in [2.05, 4.69) is 5.32 Å². The Morgan fingerprint density at radius 3 is 3.00 bits per heavy atom. The average Bonchev–Trinajstić information content (AvgIpc) is 2.68. The number of nitrogens with one attached hydrogen (secondary N) is 1. The molecule has 6 nitrogen and oxygen atoms in total.